The van der Waals surface area contributed by atoms with E-state index in [1.54, 1.807) is 0 Å². The molecule has 1 saturated heterocycles. The van der Waals surface area contributed by atoms with E-state index in [1.165, 1.54) is 5.75 Å². The van der Waals surface area contributed by atoms with Gasteiger partial charge in [-0.15, -0.1) is 0 Å². The van der Waals surface area contributed by atoms with E-state index in [1.807, 2.05) is 11.8 Å². The van der Waals surface area contributed by atoms with Crippen molar-refractivity contribution >= 4 is 17.7 Å². The SMILES string of the molecule is O=C(O)C1CC12CCSC2. The van der Waals surface area contributed by atoms with E-state index in [-0.39, 0.29) is 11.3 Å². The lowest BCUT2D eigenvalue weighted by Gasteiger charge is -2.01. The number of hydrogen-bond donors (Lipinski definition) is 1. The second-order valence-electron chi connectivity index (χ2n) is 3.26. The van der Waals surface area contributed by atoms with Gasteiger partial charge in [-0.25, -0.2) is 0 Å². The Labute approximate surface area is 64.0 Å². The number of hydrogen-bond acceptors (Lipinski definition) is 2. The van der Waals surface area contributed by atoms with Crippen LogP contribution in [0.25, 0.3) is 0 Å². The summed E-state index contributed by atoms with van der Waals surface area (Å²) in [5.41, 5.74) is 0.247. The Bertz CT molecular complexity index is 172. The average Bonchev–Trinajstić information content (AvgIpc) is 2.32. The summed E-state index contributed by atoms with van der Waals surface area (Å²) in [6.45, 7) is 0. The lowest BCUT2D eigenvalue weighted by molar-refractivity contribution is -0.139. The molecule has 56 valence electrons. The Balaban J connectivity index is 2.04. The van der Waals surface area contributed by atoms with E-state index in [2.05, 4.69) is 0 Å². The molecule has 0 amide bonds. The van der Waals surface area contributed by atoms with E-state index in [9.17, 15) is 4.79 Å². The van der Waals surface area contributed by atoms with Crippen LogP contribution < -0.4 is 0 Å². The van der Waals surface area contributed by atoms with Gasteiger partial charge in [0.15, 0.2) is 0 Å². The van der Waals surface area contributed by atoms with Crippen molar-refractivity contribution in [3.8, 4) is 0 Å². The zero-order valence-corrected chi connectivity index (χ0v) is 6.49. The lowest BCUT2D eigenvalue weighted by atomic mass is 10.0. The summed E-state index contributed by atoms with van der Waals surface area (Å²) in [4.78, 5) is 10.5. The molecule has 0 bridgehead atoms. The number of carboxylic acid groups (broad SMARTS) is 1. The van der Waals surface area contributed by atoms with Gasteiger partial charge < -0.3 is 5.11 Å². The number of thioether (sulfide) groups is 1. The van der Waals surface area contributed by atoms with Crippen LogP contribution in [0.3, 0.4) is 0 Å². The first-order valence-corrected chi connectivity index (χ1v) is 4.71. The standard InChI is InChI=1S/C7H10O2S/c8-6(9)5-3-7(5)1-2-10-4-7/h5H,1-4H2,(H,8,9). The molecule has 10 heavy (non-hydrogen) atoms. The van der Waals surface area contributed by atoms with Gasteiger partial charge in [0.1, 0.15) is 0 Å². The van der Waals surface area contributed by atoms with E-state index in [0.717, 1.165) is 18.6 Å². The van der Waals surface area contributed by atoms with Crippen LogP contribution in [-0.4, -0.2) is 22.6 Å². The predicted molar refractivity (Wildman–Crippen MR) is 40.1 cm³/mol. The molecule has 2 rings (SSSR count). The first kappa shape index (κ1) is 6.53. The number of carboxylic acids is 1. The van der Waals surface area contributed by atoms with Crippen molar-refractivity contribution < 1.29 is 9.90 Å². The zero-order valence-electron chi connectivity index (χ0n) is 5.67. The molecule has 1 aliphatic heterocycles. The van der Waals surface area contributed by atoms with Crippen molar-refractivity contribution in [1.82, 2.24) is 0 Å². The van der Waals surface area contributed by atoms with Gasteiger partial charge >= 0.3 is 5.97 Å². The Morgan fingerprint density at radius 2 is 2.50 bits per heavy atom. The first-order chi connectivity index (χ1) is 4.75. The third-order valence-corrected chi connectivity index (χ3v) is 3.89. The highest BCUT2D eigenvalue weighted by Crippen LogP contribution is 2.60. The van der Waals surface area contributed by atoms with Crippen LogP contribution in [0.2, 0.25) is 0 Å². The molecule has 0 aromatic heterocycles. The highest BCUT2D eigenvalue weighted by atomic mass is 32.2. The third kappa shape index (κ3) is 0.764. The van der Waals surface area contributed by atoms with Crippen LogP contribution >= 0.6 is 11.8 Å². The van der Waals surface area contributed by atoms with Crippen molar-refractivity contribution in [2.45, 2.75) is 12.8 Å². The molecule has 1 spiro atoms. The maximum atomic E-state index is 10.5. The van der Waals surface area contributed by atoms with Gasteiger partial charge in [-0.2, -0.15) is 11.8 Å². The Morgan fingerprint density at radius 1 is 1.70 bits per heavy atom. The summed E-state index contributed by atoms with van der Waals surface area (Å²) < 4.78 is 0. The third-order valence-electron chi connectivity index (χ3n) is 2.62. The monoisotopic (exact) mass is 158 g/mol. The van der Waals surface area contributed by atoms with Crippen molar-refractivity contribution in [3.05, 3.63) is 0 Å². The minimum Gasteiger partial charge on any atom is -0.481 e. The largest absolute Gasteiger partial charge is 0.481 e. The maximum absolute atomic E-state index is 10.5. The van der Waals surface area contributed by atoms with Gasteiger partial charge in [0.2, 0.25) is 0 Å². The summed E-state index contributed by atoms with van der Waals surface area (Å²) in [5.74, 6) is 1.68. The molecule has 0 aromatic rings. The summed E-state index contributed by atoms with van der Waals surface area (Å²) in [7, 11) is 0. The summed E-state index contributed by atoms with van der Waals surface area (Å²) in [6, 6.07) is 0. The van der Waals surface area contributed by atoms with Crippen LogP contribution in [-0.2, 0) is 4.79 Å². The molecule has 2 unspecified atom stereocenters. The van der Waals surface area contributed by atoms with Crippen molar-refractivity contribution in [3.63, 3.8) is 0 Å². The van der Waals surface area contributed by atoms with E-state index < -0.39 is 5.97 Å². The smallest absolute Gasteiger partial charge is 0.307 e. The second kappa shape index (κ2) is 1.91. The van der Waals surface area contributed by atoms with Crippen LogP contribution in [0.1, 0.15) is 12.8 Å². The molecule has 1 heterocycles. The normalized spacial score (nSPS) is 44.2. The molecular weight excluding hydrogens is 148 g/mol. The second-order valence-corrected chi connectivity index (χ2v) is 4.37. The van der Waals surface area contributed by atoms with Gasteiger partial charge in [-0.1, -0.05) is 0 Å². The lowest BCUT2D eigenvalue weighted by Crippen LogP contribution is -2.08. The van der Waals surface area contributed by atoms with Gasteiger partial charge in [-0.3, -0.25) is 4.79 Å². The molecule has 1 N–H and O–H groups in total. The highest BCUT2D eigenvalue weighted by molar-refractivity contribution is 7.99. The summed E-state index contributed by atoms with van der Waals surface area (Å²) in [6.07, 6.45) is 2.07. The molecule has 3 heteroatoms. The Hall–Kier alpha value is -0.180. The summed E-state index contributed by atoms with van der Waals surface area (Å²) >= 11 is 1.90. The first-order valence-electron chi connectivity index (χ1n) is 3.55. The minimum atomic E-state index is -0.581. The van der Waals surface area contributed by atoms with Crippen molar-refractivity contribution in [1.29, 1.82) is 0 Å². The summed E-state index contributed by atoms with van der Waals surface area (Å²) in [5, 5.41) is 8.67. The van der Waals surface area contributed by atoms with E-state index >= 15 is 0 Å². The number of aliphatic carboxylic acids is 1. The molecule has 0 aromatic carbocycles. The number of carbonyl (C=O) groups is 1. The fourth-order valence-corrected chi connectivity index (χ4v) is 3.32. The molecule has 1 saturated carbocycles. The molecule has 1 aliphatic carbocycles. The van der Waals surface area contributed by atoms with Crippen molar-refractivity contribution in [2.24, 2.45) is 11.3 Å². The van der Waals surface area contributed by atoms with Crippen molar-refractivity contribution in [2.75, 3.05) is 11.5 Å². The van der Waals surface area contributed by atoms with E-state index in [0.29, 0.717) is 0 Å². The molecule has 2 fully saturated rings. The van der Waals surface area contributed by atoms with Crippen LogP contribution in [0.4, 0.5) is 0 Å². The fourth-order valence-electron chi connectivity index (χ4n) is 1.76. The Morgan fingerprint density at radius 3 is 2.90 bits per heavy atom. The van der Waals surface area contributed by atoms with Gasteiger partial charge in [0.25, 0.3) is 0 Å². The molecule has 2 nitrogen and oxygen atoms in total. The average molecular weight is 158 g/mol. The Kier molecular flexibility index (Phi) is 1.24. The topological polar surface area (TPSA) is 37.3 Å². The molecule has 2 atom stereocenters. The van der Waals surface area contributed by atoms with E-state index in [4.69, 9.17) is 5.11 Å². The van der Waals surface area contributed by atoms with Gasteiger partial charge in [-0.05, 0) is 29.8 Å². The maximum Gasteiger partial charge on any atom is 0.307 e. The molecular formula is C7H10O2S. The zero-order chi connectivity index (χ0) is 7.19. The highest BCUT2D eigenvalue weighted by Gasteiger charge is 2.59. The predicted octanol–water partition coefficient (Wildman–Crippen LogP) is 1.21. The van der Waals surface area contributed by atoms with Crippen LogP contribution in [0.15, 0.2) is 0 Å². The minimum absolute atomic E-state index is 0.00231. The van der Waals surface area contributed by atoms with Crippen LogP contribution in [0.5, 0.6) is 0 Å². The van der Waals surface area contributed by atoms with Gasteiger partial charge in [0, 0.05) is 0 Å². The molecule has 0 radical (unpaired) electrons. The number of rotatable bonds is 1. The fraction of sp³-hybridized carbons (Fsp3) is 0.857. The molecule has 2 aliphatic rings. The van der Waals surface area contributed by atoms with Gasteiger partial charge in [0.05, 0.1) is 5.92 Å². The van der Waals surface area contributed by atoms with Crippen LogP contribution in [0, 0.1) is 11.3 Å². The quantitative estimate of drug-likeness (QED) is 0.623.